The summed E-state index contributed by atoms with van der Waals surface area (Å²) >= 11 is 0. The monoisotopic (exact) mass is 236 g/mol. The molecule has 0 saturated heterocycles. The van der Waals surface area contributed by atoms with Crippen molar-refractivity contribution in [1.82, 2.24) is 0 Å². The molecule has 1 atom stereocenters. The maximum absolute atomic E-state index is 12.1. The van der Waals surface area contributed by atoms with Crippen LogP contribution in [0.3, 0.4) is 0 Å². The second-order valence-electron chi connectivity index (χ2n) is 3.96. The lowest BCUT2D eigenvalue weighted by atomic mass is 10.2. The third kappa shape index (κ3) is 3.46. The van der Waals surface area contributed by atoms with Crippen molar-refractivity contribution in [3.8, 4) is 0 Å². The summed E-state index contributed by atoms with van der Waals surface area (Å²) in [6.07, 6.45) is 0.444. The summed E-state index contributed by atoms with van der Waals surface area (Å²) < 4.78 is 5.07. The zero-order valence-electron chi connectivity index (χ0n) is 10.6. The van der Waals surface area contributed by atoms with Crippen LogP contribution in [0.25, 0.3) is 0 Å². The smallest absolute Gasteiger partial charge is 0.255 e. The summed E-state index contributed by atoms with van der Waals surface area (Å²) in [7, 11) is 1.53. The highest BCUT2D eigenvalue weighted by Gasteiger charge is 2.20. The van der Waals surface area contributed by atoms with Crippen molar-refractivity contribution in [3.63, 3.8) is 0 Å². The SMILES string of the molecule is CCCN(C(=O)C(C)OC)c1cccc(N)c1. The molecule has 0 radical (unpaired) electrons. The van der Waals surface area contributed by atoms with E-state index in [4.69, 9.17) is 10.5 Å². The number of rotatable bonds is 5. The fourth-order valence-electron chi connectivity index (χ4n) is 1.60. The van der Waals surface area contributed by atoms with Gasteiger partial charge in [0.25, 0.3) is 5.91 Å². The van der Waals surface area contributed by atoms with Gasteiger partial charge in [0.15, 0.2) is 0 Å². The zero-order valence-corrected chi connectivity index (χ0v) is 10.6. The van der Waals surface area contributed by atoms with Gasteiger partial charge in [-0.1, -0.05) is 13.0 Å². The standard InChI is InChI=1S/C13H20N2O2/c1-4-8-15(13(16)10(2)17-3)12-7-5-6-11(14)9-12/h5-7,9-10H,4,8,14H2,1-3H3. The van der Waals surface area contributed by atoms with Gasteiger partial charge in [-0.2, -0.15) is 0 Å². The van der Waals surface area contributed by atoms with Crippen LogP contribution in [0.15, 0.2) is 24.3 Å². The summed E-state index contributed by atoms with van der Waals surface area (Å²) in [5.41, 5.74) is 7.21. The van der Waals surface area contributed by atoms with E-state index in [0.717, 1.165) is 12.1 Å². The predicted octanol–water partition coefficient (Wildman–Crippen LogP) is 2.05. The first-order chi connectivity index (χ1) is 8.10. The summed E-state index contributed by atoms with van der Waals surface area (Å²) in [6.45, 7) is 4.44. The Bertz CT molecular complexity index is 379. The Morgan fingerprint density at radius 1 is 1.53 bits per heavy atom. The number of benzene rings is 1. The minimum absolute atomic E-state index is 0.0417. The second kappa shape index (κ2) is 6.25. The summed E-state index contributed by atoms with van der Waals surface area (Å²) in [6, 6.07) is 7.33. The molecule has 94 valence electrons. The minimum Gasteiger partial charge on any atom is -0.399 e. The Kier molecular flexibility index (Phi) is 4.97. The Morgan fingerprint density at radius 2 is 2.24 bits per heavy atom. The van der Waals surface area contributed by atoms with Crippen LogP contribution in [0.5, 0.6) is 0 Å². The molecular formula is C13H20N2O2. The van der Waals surface area contributed by atoms with Crippen molar-refractivity contribution >= 4 is 17.3 Å². The third-order valence-corrected chi connectivity index (χ3v) is 2.60. The molecule has 17 heavy (non-hydrogen) atoms. The van der Waals surface area contributed by atoms with Gasteiger partial charge in [-0.05, 0) is 31.5 Å². The van der Waals surface area contributed by atoms with E-state index in [1.807, 2.05) is 19.1 Å². The molecule has 0 aliphatic rings. The molecule has 0 saturated carbocycles. The number of hydrogen-bond acceptors (Lipinski definition) is 3. The lowest BCUT2D eigenvalue weighted by Gasteiger charge is -2.25. The van der Waals surface area contributed by atoms with Gasteiger partial charge in [0.2, 0.25) is 0 Å². The fraction of sp³-hybridized carbons (Fsp3) is 0.462. The van der Waals surface area contributed by atoms with Crippen molar-refractivity contribution in [2.24, 2.45) is 0 Å². The van der Waals surface area contributed by atoms with Crippen LogP contribution in [0, 0.1) is 0 Å². The number of nitrogen functional groups attached to an aromatic ring is 1. The Morgan fingerprint density at radius 3 is 2.76 bits per heavy atom. The van der Waals surface area contributed by atoms with Crippen LogP contribution in [-0.2, 0) is 9.53 Å². The third-order valence-electron chi connectivity index (χ3n) is 2.60. The van der Waals surface area contributed by atoms with E-state index in [1.54, 1.807) is 24.0 Å². The van der Waals surface area contributed by atoms with E-state index in [0.29, 0.717) is 12.2 Å². The predicted molar refractivity (Wildman–Crippen MR) is 70.0 cm³/mol. The highest BCUT2D eigenvalue weighted by atomic mass is 16.5. The summed E-state index contributed by atoms with van der Waals surface area (Å²) in [5, 5.41) is 0. The topological polar surface area (TPSA) is 55.6 Å². The van der Waals surface area contributed by atoms with Crippen molar-refractivity contribution in [1.29, 1.82) is 0 Å². The van der Waals surface area contributed by atoms with E-state index < -0.39 is 6.10 Å². The molecule has 0 aromatic heterocycles. The average Bonchev–Trinajstić information content (AvgIpc) is 2.34. The molecule has 0 aliphatic carbocycles. The molecule has 4 heteroatoms. The van der Waals surface area contributed by atoms with Crippen LogP contribution >= 0.6 is 0 Å². The van der Waals surface area contributed by atoms with E-state index in [2.05, 4.69) is 0 Å². The first-order valence-electron chi connectivity index (χ1n) is 5.79. The fourth-order valence-corrected chi connectivity index (χ4v) is 1.60. The molecule has 0 bridgehead atoms. The molecule has 0 aliphatic heterocycles. The number of carbonyl (C=O) groups excluding carboxylic acids is 1. The molecule has 0 spiro atoms. The van der Waals surface area contributed by atoms with Gasteiger partial charge in [-0.15, -0.1) is 0 Å². The van der Waals surface area contributed by atoms with Gasteiger partial charge in [0, 0.05) is 25.0 Å². The number of ether oxygens (including phenoxy) is 1. The molecule has 1 unspecified atom stereocenters. The number of nitrogens with two attached hydrogens (primary N) is 1. The van der Waals surface area contributed by atoms with Gasteiger partial charge in [-0.3, -0.25) is 4.79 Å². The van der Waals surface area contributed by atoms with Gasteiger partial charge >= 0.3 is 0 Å². The van der Waals surface area contributed by atoms with Crippen molar-refractivity contribution in [3.05, 3.63) is 24.3 Å². The van der Waals surface area contributed by atoms with Gasteiger partial charge in [-0.25, -0.2) is 0 Å². The Labute approximate surface area is 102 Å². The molecular weight excluding hydrogens is 216 g/mol. The van der Waals surface area contributed by atoms with E-state index in [9.17, 15) is 4.79 Å². The number of hydrogen-bond donors (Lipinski definition) is 1. The first-order valence-corrected chi connectivity index (χ1v) is 5.79. The average molecular weight is 236 g/mol. The van der Waals surface area contributed by atoms with Crippen molar-refractivity contribution in [2.75, 3.05) is 24.3 Å². The van der Waals surface area contributed by atoms with Gasteiger partial charge in [0.05, 0.1) is 0 Å². The molecule has 1 rings (SSSR count). The highest BCUT2D eigenvalue weighted by Crippen LogP contribution is 2.19. The van der Waals surface area contributed by atoms with Crippen LogP contribution in [0.2, 0.25) is 0 Å². The minimum atomic E-state index is -0.442. The van der Waals surface area contributed by atoms with E-state index in [-0.39, 0.29) is 5.91 Å². The molecule has 2 N–H and O–H groups in total. The van der Waals surface area contributed by atoms with E-state index >= 15 is 0 Å². The van der Waals surface area contributed by atoms with Gasteiger partial charge < -0.3 is 15.4 Å². The Balaban J connectivity index is 2.96. The number of anilines is 2. The molecule has 1 aromatic carbocycles. The second-order valence-corrected chi connectivity index (χ2v) is 3.96. The largest absolute Gasteiger partial charge is 0.399 e. The molecule has 0 heterocycles. The van der Waals surface area contributed by atoms with Crippen molar-refractivity contribution in [2.45, 2.75) is 26.4 Å². The summed E-state index contributed by atoms with van der Waals surface area (Å²) in [5.74, 6) is -0.0417. The number of amides is 1. The van der Waals surface area contributed by atoms with Crippen LogP contribution in [0.1, 0.15) is 20.3 Å². The number of nitrogens with zero attached hydrogens (tertiary/aromatic N) is 1. The molecule has 4 nitrogen and oxygen atoms in total. The van der Waals surface area contributed by atoms with Crippen LogP contribution in [0.4, 0.5) is 11.4 Å². The quantitative estimate of drug-likeness (QED) is 0.796. The zero-order chi connectivity index (χ0) is 12.8. The van der Waals surface area contributed by atoms with Gasteiger partial charge in [0.1, 0.15) is 6.10 Å². The van der Waals surface area contributed by atoms with E-state index in [1.165, 1.54) is 7.11 Å². The number of carbonyl (C=O) groups is 1. The lowest BCUT2D eigenvalue weighted by molar-refractivity contribution is -0.127. The van der Waals surface area contributed by atoms with Crippen molar-refractivity contribution < 1.29 is 9.53 Å². The lowest BCUT2D eigenvalue weighted by Crippen LogP contribution is -2.39. The molecule has 1 amide bonds. The normalized spacial score (nSPS) is 12.2. The number of methoxy groups -OCH3 is 1. The highest BCUT2D eigenvalue weighted by molar-refractivity contribution is 5.96. The van der Waals surface area contributed by atoms with Crippen LogP contribution in [-0.4, -0.2) is 25.7 Å². The summed E-state index contributed by atoms with van der Waals surface area (Å²) in [4.78, 5) is 13.8. The molecule has 0 fully saturated rings. The maximum Gasteiger partial charge on any atom is 0.255 e. The maximum atomic E-state index is 12.1. The van der Waals surface area contributed by atoms with Crippen LogP contribution < -0.4 is 10.6 Å². The Hall–Kier alpha value is -1.55. The molecule has 1 aromatic rings. The first kappa shape index (κ1) is 13.5.